The molecule has 1 aliphatic carbocycles. The van der Waals surface area contributed by atoms with Crippen LogP contribution in [0.2, 0.25) is 0 Å². The van der Waals surface area contributed by atoms with Gasteiger partial charge in [-0.25, -0.2) is 4.68 Å². The molecule has 0 saturated heterocycles. The lowest BCUT2D eigenvalue weighted by Crippen LogP contribution is -2.19. The van der Waals surface area contributed by atoms with Gasteiger partial charge in [0.25, 0.3) is 5.69 Å². The van der Waals surface area contributed by atoms with Gasteiger partial charge in [-0.15, -0.1) is 11.3 Å². The predicted octanol–water partition coefficient (Wildman–Crippen LogP) is 4.64. The number of rotatable bonds is 5. The average Bonchev–Trinajstić information content (AvgIpc) is 3.16. The van der Waals surface area contributed by atoms with Gasteiger partial charge < -0.3 is 0 Å². The molecule has 2 heterocycles. The van der Waals surface area contributed by atoms with E-state index in [0.29, 0.717) is 6.04 Å². The van der Waals surface area contributed by atoms with Gasteiger partial charge in [0.1, 0.15) is 0 Å². The molecule has 0 spiro atoms. The lowest BCUT2D eigenvalue weighted by molar-refractivity contribution is -0.384. The maximum Gasteiger partial charge on any atom is 0.270 e. The molecule has 0 aliphatic heterocycles. The van der Waals surface area contributed by atoms with Crippen molar-refractivity contribution in [2.45, 2.75) is 38.1 Å². The Kier molecular flexibility index (Phi) is 5.90. The van der Waals surface area contributed by atoms with E-state index in [1.165, 1.54) is 36.7 Å². The predicted molar refractivity (Wildman–Crippen MR) is 114 cm³/mol. The Balaban J connectivity index is 1.78. The maximum absolute atomic E-state index is 11.2. The normalized spacial score (nSPS) is 15.8. The number of nitrogens with zero attached hydrogens (tertiary/aromatic N) is 5. The van der Waals surface area contributed by atoms with Crippen molar-refractivity contribution in [3.8, 4) is 11.3 Å². The molecule has 0 unspecified atom stereocenters. The van der Waals surface area contributed by atoms with Gasteiger partial charge in [0.15, 0.2) is 0 Å². The summed E-state index contributed by atoms with van der Waals surface area (Å²) < 4.78 is 1.78. The molecule has 0 bridgehead atoms. The highest BCUT2D eigenvalue weighted by Crippen LogP contribution is 2.25. The Labute approximate surface area is 172 Å². The summed E-state index contributed by atoms with van der Waals surface area (Å²) in [6, 6.07) is 10.7. The van der Waals surface area contributed by atoms with Crippen LogP contribution < -0.4 is 4.80 Å². The molecule has 29 heavy (non-hydrogen) atoms. The standard InChI is InChI=1S/C21H21N5O2S/c27-26(28)19-10-4-7-17(12-19)20-15-29-21(24-18-8-2-1-3-9-18)25(20)23-14-16-6-5-11-22-13-16/h4-7,10-15,18H,1-3,8-9H2. The van der Waals surface area contributed by atoms with Crippen LogP contribution in [-0.2, 0) is 0 Å². The molecule has 0 amide bonds. The minimum absolute atomic E-state index is 0.0576. The van der Waals surface area contributed by atoms with Gasteiger partial charge >= 0.3 is 0 Å². The molecule has 1 fully saturated rings. The van der Waals surface area contributed by atoms with Gasteiger partial charge in [-0.3, -0.25) is 20.1 Å². The smallest absolute Gasteiger partial charge is 0.264 e. The fourth-order valence-electron chi connectivity index (χ4n) is 3.42. The second kappa shape index (κ2) is 8.91. The number of non-ortho nitro benzene ring substituents is 1. The molecule has 0 radical (unpaired) electrons. The summed E-state index contributed by atoms with van der Waals surface area (Å²) in [7, 11) is 0. The van der Waals surface area contributed by atoms with E-state index in [1.54, 1.807) is 35.4 Å². The van der Waals surface area contributed by atoms with E-state index in [1.807, 2.05) is 23.6 Å². The summed E-state index contributed by atoms with van der Waals surface area (Å²) in [5, 5.41) is 17.8. The molecule has 148 valence electrons. The molecule has 1 saturated carbocycles. The Morgan fingerprint density at radius 1 is 1.21 bits per heavy atom. The first-order valence-corrected chi connectivity index (χ1v) is 10.5. The number of hydrogen-bond acceptors (Lipinski definition) is 6. The number of thiazole rings is 1. The highest BCUT2D eigenvalue weighted by molar-refractivity contribution is 7.07. The molecule has 2 aromatic heterocycles. The Bertz CT molecular complexity index is 1080. The van der Waals surface area contributed by atoms with E-state index in [-0.39, 0.29) is 10.6 Å². The van der Waals surface area contributed by atoms with Crippen molar-refractivity contribution >= 4 is 23.2 Å². The second-order valence-electron chi connectivity index (χ2n) is 6.97. The molecule has 0 N–H and O–H groups in total. The molecule has 4 rings (SSSR count). The minimum Gasteiger partial charge on any atom is -0.264 e. The van der Waals surface area contributed by atoms with Crippen LogP contribution in [0.4, 0.5) is 5.69 Å². The lowest BCUT2D eigenvalue weighted by Gasteiger charge is -2.16. The van der Waals surface area contributed by atoms with Crippen LogP contribution in [0.5, 0.6) is 0 Å². The first kappa shape index (κ1) is 19.2. The van der Waals surface area contributed by atoms with Crippen LogP contribution in [-0.4, -0.2) is 26.8 Å². The molecular formula is C21H21N5O2S. The summed E-state index contributed by atoms with van der Waals surface area (Å²) >= 11 is 1.51. The monoisotopic (exact) mass is 407 g/mol. The topological polar surface area (TPSA) is 85.7 Å². The first-order valence-electron chi connectivity index (χ1n) is 9.64. The van der Waals surface area contributed by atoms with Crippen molar-refractivity contribution in [3.05, 3.63) is 74.7 Å². The van der Waals surface area contributed by atoms with Crippen LogP contribution >= 0.6 is 11.3 Å². The number of benzene rings is 1. The van der Waals surface area contributed by atoms with E-state index in [0.717, 1.165) is 34.5 Å². The molecule has 1 aromatic carbocycles. The van der Waals surface area contributed by atoms with E-state index >= 15 is 0 Å². The van der Waals surface area contributed by atoms with Crippen LogP contribution in [0.15, 0.2) is 64.3 Å². The van der Waals surface area contributed by atoms with Crippen molar-refractivity contribution in [2.75, 3.05) is 0 Å². The molecule has 7 nitrogen and oxygen atoms in total. The third-order valence-corrected chi connectivity index (χ3v) is 5.74. The van der Waals surface area contributed by atoms with Gasteiger partial charge in [-0.05, 0) is 18.9 Å². The van der Waals surface area contributed by atoms with Crippen molar-refractivity contribution < 1.29 is 4.92 Å². The van der Waals surface area contributed by atoms with Gasteiger partial charge in [-0.2, -0.15) is 5.10 Å². The largest absolute Gasteiger partial charge is 0.270 e. The number of nitro groups is 1. The van der Waals surface area contributed by atoms with Gasteiger partial charge in [0.05, 0.1) is 22.9 Å². The Morgan fingerprint density at radius 2 is 2.07 bits per heavy atom. The average molecular weight is 407 g/mol. The summed E-state index contributed by atoms with van der Waals surface area (Å²) in [5.74, 6) is 0. The zero-order valence-corrected chi connectivity index (χ0v) is 16.7. The van der Waals surface area contributed by atoms with E-state index in [4.69, 9.17) is 4.99 Å². The SMILES string of the molecule is O=[N+]([O-])c1cccc(-c2csc(=NC3CCCCC3)n2N=Cc2cccnc2)c1. The number of aromatic nitrogens is 2. The van der Waals surface area contributed by atoms with Gasteiger partial charge in [0.2, 0.25) is 4.80 Å². The lowest BCUT2D eigenvalue weighted by atomic mass is 9.96. The zero-order chi connectivity index (χ0) is 20.1. The minimum atomic E-state index is -0.383. The van der Waals surface area contributed by atoms with Crippen LogP contribution in [0.3, 0.4) is 0 Å². The third kappa shape index (κ3) is 4.65. The van der Waals surface area contributed by atoms with Crippen LogP contribution in [0.1, 0.15) is 37.7 Å². The van der Waals surface area contributed by atoms with Gasteiger partial charge in [0, 0.05) is 41.0 Å². The van der Waals surface area contributed by atoms with E-state index in [9.17, 15) is 10.1 Å². The first-order chi connectivity index (χ1) is 14.2. The Morgan fingerprint density at radius 3 is 2.83 bits per heavy atom. The second-order valence-corrected chi connectivity index (χ2v) is 7.81. The van der Waals surface area contributed by atoms with Crippen molar-refractivity contribution in [3.63, 3.8) is 0 Å². The van der Waals surface area contributed by atoms with Gasteiger partial charge in [-0.1, -0.05) is 37.5 Å². The summed E-state index contributed by atoms with van der Waals surface area (Å²) in [6.07, 6.45) is 11.1. The number of hydrogen-bond donors (Lipinski definition) is 0. The van der Waals surface area contributed by atoms with Crippen LogP contribution in [0, 0.1) is 10.1 Å². The molecular weight excluding hydrogens is 386 g/mol. The third-order valence-electron chi connectivity index (χ3n) is 4.91. The quantitative estimate of drug-likeness (QED) is 0.351. The number of nitro benzene ring substituents is 1. The molecule has 8 heteroatoms. The summed E-state index contributed by atoms with van der Waals surface area (Å²) in [4.78, 5) is 20.7. The van der Waals surface area contributed by atoms with E-state index in [2.05, 4.69) is 10.1 Å². The van der Waals surface area contributed by atoms with Crippen molar-refractivity contribution in [1.82, 2.24) is 9.66 Å². The van der Waals surface area contributed by atoms with Crippen LogP contribution in [0.25, 0.3) is 11.3 Å². The summed E-state index contributed by atoms with van der Waals surface area (Å²) in [6.45, 7) is 0. The number of pyridine rings is 1. The fourth-order valence-corrected chi connectivity index (χ4v) is 4.33. The highest BCUT2D eigenvalue weighted by Gasteiger charge is 2.15. The molecule has 1 aliphatic rings. The zero-order valence-electron chi connectivity index (χ0n) is 15.8. The van der Waals surface area contributed by atoms with E-state index < -0.39 is 0 Å². The summed E-state index contributed by atoms with van der Waals surface area (Å²) in [5.41, 5.74) is 2.46. The highest BCUT2D eigenvalue weighted by atomic mass is 32.1. The van der Waals surface area contributed by atoms with Crippen molar-refractivity contribution in [2.24, 2.45) is 10.1 Å². The fraction of sp³-hybridized carbons (Fsp3) is 0.286. The Hall–Kier alpha value is -3.13. The molecule has 0 atom stereocenters. The maximum atomic E-state index is 11.2. The van der Waals surface area contributed by atoms with Crippen molar-refractivity contribution in [1.29, 1.82) is 0 Å². The molecule has 3 aromatic rings.